The molecule has 0 atom stereocenters. The fraction of sp³-hybridized carbons (Fsp3) is 0.0667. The van der Waals surface area contributed by atoms with Crippen LogP contribution in [0.1, 0.15) is 15.9 Å². The number of rotatable bonds is 4. The minimum absolute atomic E-state index is 0.183. The highest BCUT2D eigenvalue weighted by Gasteiger charge is 2.06. The van der Waals surface area contributed by atoms with Crippen LogP contribution in [-0.4, -0.2) is 12.0 Å². The van der Waals surface area contributed by atoms with Crippen LogP contribution in [0, 0.1) is 0 Å². The normalized spacial score (nSPS) is 9.80. The van der Waals surface area contributed by atoms with Crippen LogP contribution in [0.25, 0.3) is 0 Å². The van der Waals surface area contributed by atoms with Crippen molar-refractivity contribution in [2.24, 2.45) is 5.73 Å². The van der Waals surface area contributed by atoms with Crippen molar-refractivity contribution in [1.29, 1.82) is 0 Å². The van der Waals surface area contributed by atoms with Crippen LogP contribution in [0.5, 0.6) is 0 Å². The van der Waals surface area contributed by atoms with Gasteiger partial charge in [-0.15, -0.1) is 0 Å². The fourth-order valence-corrected chi connectivity index (χ4v) is 1.63. The predicted molar refractivity (Wildman–Crippen MR) is 75.2 cm³/mol. The molecule has 0 aromatic heterocycles. The molecule has 0 saturated carbocycles. The van der Waals surface area contributed by atoms with Gasteiger partial charge in [0.05, 0.1) is 0 Å². The van der Waals surface area contributed by atoms with Crippen molar-refractivity contribution >= 4 is 17.7 Å². The van der Waals surface area contributed by atoms with Crippen molar-refractivity contribution in [3.63, 3.8) is 0 Å². The van der Waals surface area contributed by atoms with E-state index in [1.807, 2.05) is 30.3 Å². The van der Waals surface area contributed by atoms with Crippen molar-refractivity contribution < 1.29 is 14.3 Å². The molecule has 20 heavy (non-hydrogen) atoms. The van der Waals surface area contributed by atoms with E-state index in [0.29, 0.717) is 11.3 Å². The van der Waals surface area contributed by atoms with E-state index in [4.69, 9.17) is 10.5 Å². The molecule has 5 nitrogen and oxygen atoms in total. The number of carbonyl (C=O) groups excluding carboxylic acids is 2. The molecule has 0 saturated heterocycles. The van der Waals surface area contributed by atoms with E-state index in [0.717, 1.165) is 5.56 Å². The van der Waals surface area contributed by atoms with Gasteiger partial charge in [0.15, 0.2) is 0 Å². The van der Waals surface area contributed by atoms with E-state index in [1.165, 1.54) is 6.07 Å². The predicted octanol–water partition coefficient (Wildman–Crippen LogP) is 2.53. The van der Waals surface area contributed by atoms with Crippen LogP contribution in [0.3, 0.4) is 0 Å². The summed E-state index contributed by atoms with van der Waals surface area (Å²) in [5.41, 5.74) is 6.84. The van der Waals surface area contributed by atoms with E-state index in [2.05, 4.69) is 5.32 Å². The molecule has 0 spiro atoms. The van der Waals surface area contributed by atoms with E-state index >= 15 is 0 Å². The summed E-state index contributed by atoms with van der Waals surface area (Å²) in [4.78, 5) is 22.6. The standard InChI is InChI=1S/C15H14N2O3/c16-14(18)12-7-4-8-13(9-12)17-15(19)20-10-11-5-2-1-3-6-11/h1-9H,10H2,(H2,16,18)(H,17,19). The first-order chi connectivity index (χ1) is 9.65. The Bertz CT molecular complexity index is 612. The van der Waals surface area contributed by atoms with E-state index < -0.39 is 12.0 Å². The Balaban J connectivity index is 1.91. The third-order valence-electron chi connectivity index (χ3n) is 2.61. The lowest BCUT2D eigenvalue weighted by molar-refractivity contribution is 0.1000. The molecule has 3 N–H and O–H groups in total. The molecule has 5 heteroatoms. The number of anilines is 1. The molecule has 0 unspecified atom stereocenters. The summed E-state index contributed by atoms with van der Waals surface area (Å²) in [6.07, 6.45) is -0.588. The minimum atomic E-state index is -0.588. The van der Waals surface area contributed by atoms with Crippen LogP contribution in [0.4, 0.5) is 10.5 Å². The van der Waals surface area contributed by atoms with Crippen molar-refractivity contribution in [1.82, 2.24) is 0 Å². The molecule has 0 aliphatic rings. The number of ether oxygens (including phenoxy) is 1. The van der Waals surface area contributed by atoms with Crippen molar-refractivity contribution in [2.75, 3.05) is 5.32 Å². The van der Waals surface area contributed by atoms with E-state index in [-0.39, 0.29) is 6.61 Å². The molecule has 0 fully saturated rings. The zero-order chi connectivity index (χ0) is 14.4. The Kier molecular flexibility index (Phi) is 4.34. The van der Waals surface area contributed by atoms with Gasteiger partial charge in [0, 0.05) is 11.3 Å². The smallest absolute Gasteiger partial charge is 0.411 e. The second-order valence-corrected chi connectivity index (χ2v) is 4.13. The van der Waals surface area contributed by atoms with Gasteiger partial charge < -0.3 is 10.5 Å². The van der Waals surface area contributed by atoms with Crippen LogP contribution in [0.2, 0.25) is 0 Å². The largest absolute Gasteiger partial charge is 0.444 e. The number of nitrogens with two attached hydrogens (primary N) is 1. The second kappa shape index (κ2) is 6.38. The Morgan fingerprint density at radius 1 is 1.05 bits per heavy atom. The topological polar surface area (TPSA) is 81.4 Å². The Morgan fingerprint density at radius 3 is 2.50 bits per heavy atom. The van der Waals surface area contributed by atoms with E-state index in [9.17, 15) is 9.59 Å². The van der Waals surface area contributed by atoms with Gasteiger partial charge in [-0.25, -0.2) is 4.79 Å². The Hall–Kier alpha value is -2.82. The number of hydrogen-bond acceptors (Lipinski definition) is 3. The summed E-state index contributed by atoms with van der Waals surface area (Å²) < 4.78 is 5.07. The van der Waals surface area contributed by atoms with E-state index in [1.54, 1.807) is 18.2 Å². The summed E-state index contributed by atoms with van der Waals surface area (Å²) in [6.45, 7) is 0.183. The summed E-state index contributed by atoms with van der Waals surface area (Å²) in [7, 11) is 0. The lowest BCUT2D eigenvalue weighted by atomic mass is 10.2. The summed E-state index contributed by atoms with van der Waals surface area (Å²) in [6, 6.07) is 15.7. The number of nitrogens with one attached hydrogen (secondary N) is 1. The summed E-state index contributed by atoms with van der Waals surface area (Å²) >= 11 is 0. The van der Waals surface area contributed by atoms with Gasteiger partial charge in [-0.05, 0) is 23.8 Å². The first-order valence-electron chi connectivity index (χ1n) is 6.03. The number of hydrogen-bond donors (Lipinski definition) is 2. The molecule has 0 aliphatic carbocycles. The third-order valence-corrected chi connectivity index (χ3v) is 2.61. The highest BCUT2D eigenvalue weighted by Crippen LogP contribution is 2.11. The van der Waals surface area contributed by atoms with Gasteiger partial charge in [0.1, 0.15) is 6.61 Å². The first kappa shape index (κ1) is 13.6. The lowest BCUT2D eigenvalue weighted by Crippen LogP contribution is -2.15. The third kappa shape index (κ3) is 3.84. The average molecular weight is 270 g/mol. The van der Waals surface area contributed by atoms with Crippen molar-refractivity contribution in [3.05, 3.63) is 65.7 Å². The number of primary amides is 1. The van der Waals surface area contributed by atoms with Crippen LogP contribution in [-0.2, 0) is 11.3 Å². The Morgan fingerprint density at radius 2 is 1.80 bits per heavy atom. The van der Waals surface area contributed by atoms with Crippen molar-refractivity contribution in [2.45, 2.75) is 6.61 Å². The quantitative estimate of drug-likeness (QED) is 0.895. The molecular weight excluding hydrogens is 256 g/mol. The Labute approximate surface area is 116 Å². The molecule has 0 bridgehead atoms. The zero-order valence-corrected chi connectivity index (χ0v) is 10.7. The van der Waals surface area contributed by atoms with Crippen LogP contribution in [0.15, 0.2) is 54.6 Å². The van der Waals surface area contributed by atoms with Crippen LogP contribution >= 0.6 is 0 Å². The molecule has 0 aliphatic heterocycles. The van der Waals surface area contributed by atoms with Gasteiger partial charge in [-0.3, -0.25) is 10.1 Å². The fourth-order valence-electron chi connectivity index (χ4n) is 1.63. The number of amides is 2. The number of benzene rings is 2. The maximum Gasteiger partial charge on any atom is 0.411 e. The highest BCUT2D eigenvalue weighted by atomic mass is 16.5. The maximum absolute atomic E-state index is 11.6. The van der Waals surface area contributed by atoms with Gasteiger partial charge in [-0.1, -0.05) is 36.4 Å². The molecular formula is C15H14N2O3. The van der Waals surface area contributed by atoms with Crippen LogP contribution < -0.4 is 11.1 Å². The molecule has 2 aromatic rings. The lowest BCUT2D eigenvalue weighted by Gasteiger charge is -2.07. The average Bonchev–Trinajstić information content (AvgIpc) is 2.46. The zero-order valence-electron chi connectivity index (χ0n) is 10.7. The van der Waals surface area contributed by atoms with Gasteiger partial charge in [0.2, 0.25) is 5.91 Å². The van der Waals surface area contributed by atoms with Gasteiger partial charge in [-0.2, -0.15) is 0 Å². The maximum atomic E-state index is 11.6. The molecule has 2 aromatic carbocycles. The molecule has 0 heterocycles. The minimum Gasteiger partial charge on any atom is -0.444 e. The molecule has 2 rings (SSSR count). The first-order valence-corrected chi connectivity index (χ1v) is 6.03. The SMILES string of the molecule is NC(=O)c1cccc(NC(=O)OCc2ccccc2)c1. The second-order valence-electron chi connectivity index (χ2n) is 4.13. The summed E-state index contributed by atoms with van der Waals surface area (Å²) in [5, 5.41) is 2.54. The summed E-state index contributed by atoms with van der Waals surface area (Å²) in [5.74, 6) is -0.550. The molecule has 0 radical (unpaired) electrons. The highest BCUT2D eigenvalue weighted by molar-refractivity contribution is 5.95. The number of carbonyl (C=O) groups is 2. The van der Waals surface area contributed by atoms with Gasteiger partial charge >= 0.3 is 6.09 Å². The molecule has 2 amide bonds. The van der Waals surface area contributed by atoms with Gasteiger partial charge in [0.25, 0.3) is 0 Å². The van der Waals surface area contributed by atoms with Crippen molar-refractivity contribution in [3.8, 4) is 0 Å². The molecule has 102 valence electrons. The monoisotopic (exact) mass is 270 g/mol.